The summed E-state index contributed by atoms with van der Waals surface area (Å²) in [5, 5.41) is 1.93. The second kappa shape index (κ2) is 10.7. The predicted molar refractivity (Wildman–Crippen MR) is 64.1 cm³/mol. The molecule has 0 aromatic rings. The average Bonchev–Trinajstić information content (AvgIpc) is 1.88. The minimum Gasteiger partial charge on any atom is -0.585 e. The van der Waals surface area contributed by atoms with Gasteiger partial charge in [0.1, 0.15) is 0 Å². The van der Waals surface area contributed by atoms with Crippen LogP contribution in [-0.4, -0.2) is 32.8 Å². The Morgan fingerprint density at radius 3 is 1.08 bits per heavy atom. The van der Waals surface area contributed by atoms with E-state index >= 15 is 0 Å². The van der Waals surface area contributed by atoms with E-state index in [0.29, 0.717) is 0 Å². The van der Waals surface area contributed by atoms with Crippen molar-refractivity contribution < 1.29 is 16.5 Å². The molecule has 0 saturated heterocycles. The molecule has 0 radical (unpaired) electrons. The van der Waals surface area contributed by atoms with E-state index in [1.165, 1.54) is 14.1 Å². The Morgan fingerprint density at radius 2 is 1.08 bits per heavy atom. The SMILES string of the molecule is CN([NH-])C(=S)[S-].CN([NH-])C(=S)[S-].[Ni]. The van der Waals surface area contributed by atoms with Crippen LogP contribution in [0.3, 0.4) is 0 Å². The molecule has 0 amide bonds. The molecule has 0 atom stereocenters. The normalized spacial score (nSPS) is 7.08. The number of thiocarbonyl (C=S) groups is 2. The molecule has 0 aliphatic heterocycles. The first-order chi connectivity index (χ1) is 5.29. The molecule has 0 saturated carbocycles. The summed E-state index contributed by atoms with van der Waals surface area (Å²) in [6.45, 7) is 0. The van der Waals surface area contributed by atoms with E-state index < -0.39 is 0 Å². The maximum Gasteiger partial charge on any atom is 0 e. The third-order valence-electron chi connectivity index (χ3n) is 0.548. The fourth-order valence-corrected chi connectivity index (χ4v) is 0. The van der Waals surface area contributed by atoms with Gasteiger partial charge in [-0.15, -0.1) is 0 Å². The van der Waals surface area contributed by atoms with Crippen molar-refractivity contribution in [3.63, 3.8) is 0 Å². The maximum atomic E-state index is 6.62. The van der Waals surface area contributed by atoms with Gasteiger partial charge in [0.15, 0.2) is 0 Å². The summed E-state index contributed by atoms with van der Waals surface area (Å²) in [7, 11) is 2.99. The van der Waals surface area contributed by atoms with E-state index in [-0.39, 0.29) is 25.1 Å². The largest absolute Gasteiger partial charge is 0.585 e. The molecule has 9 heteroatoms. The van der Waals surface area contributed by atoms with Gasteiger partial charge >= 0.3 is 0 Å². The first-order valence-electron chi connectivity index (χ1n) is 2.61. The Balaban J connectivity index is -0.000000143. The van der Waals surface area contributed by atoms with E-state index in [4.69, 9.17) is 11.7 Å². The smallest absolute Gasteiger partial charge is 0 e. The van der Waals surface area contributed by atoms with Crippen molar-refractivity contribution in [2.24, 2.45) is 0 Å². The van der Waals surface area contributed by atoms with Crippen LogP contribution >= 0.6 is 24.4 Å². The Bertz CT molecular complexity index is 144. The number of nitrogens with one attached hydrogen (secondary N) is 2. The minimum atomic E-state index is 0. The third kappa shape index (κ3) is 19.2. The molecule has 0 unspecified atom stereocenters. The van der Waals surface area contributed by atoms with Gasteiger partial charge in [0, 0.05) is 16.5 Å². The van der Waals surface area contributed by atoms with E-state index in [1.807, 2.05) is 0 Å². The van der Waals surface area contributed by atoms with Crippen LogP contribution in [0.2, 0.25) is 0 Å². The summed E-state index contributed by atoms with van der Waals surface area (Å²) in [6, 6.07) is 0. The third-order valence-corrected chi connectivity index (χ3v) is 1.64. The van der Waals surface area contributed by atoms with E-state index in [1.54, 1.807) is 0 Å². The van der Waals surface area contributed by atoms with Crippen LogP contribution in [0.4, 0.5) is 0 Å². The molecule has 0 aliphatic rings. The summed E-state index contributed by atoms with van der Waals surface area (Å²) in [5.41, 5.74) is 0. The van der Waals surface area contributed by atoms with Gasteiger partial charge in [-0.25, -0.2) is 0 Å². The van der Waals surface area contributed by atoms with Gasteiger partial charge in [-0.2, -0.15) is 0 Å². The summed E-state index contributed by atoms with van der Waals surface area (Å²) in [4.78, 5) is 0. The zero-order chi connectivity index (χ0) is 10.3. The van der Waals surface area contributed by atoms with Crippen molar-refractivity contribution in [2.45, 2.75) is 0 Å². The Hall–Kier alpha value is 0.634. The Labute approximate surface area is 110 Å². The zero-order valence-electron chi connectivity index (χ0n) is 6.84. The van der Waals surface area contributed by atoms with Crippen LogP contribution < -0.4 is 0 Å². The van der Waals surface area contributed by atoms with Crippen LogP contribution in [0.15, 0.2) is 0 Å². The monoisotopic (exact) mass is 298 g/mol. The molecule has 0 fully saturated rings. The van der Waals surface area contributed by atoms with Gasteiger partial charge in [0.05, 0.1) is 0 Å². The molecule has 0 aliphatic carbocycles. The first-order valence-corrected chi connectivity index (χ1v) is 4.24. The number of hydrogen-bond acceptors (Lipinski definition) is 4. The van der Waals surface area contributed by atoms with Crippen LogP contribution in [0.1, 0.15) is 0 Å². The quantitative estimate of drug-likeness (QED) is 0.292. The van der Waals surface area contributed by atoms with Gasteiger partial charge in [-0.1, -0.05) is 8.64 Å². The molecule has 2 N–H and O–H groups in total. The van der Waals surface area contributed by atoms with E-state index in [0.717, 1.165) is 10.0 Å². The Morgan fingerprint density at radius 1 is 1.00 bits per heavy atom. The molecule has 0 rings (SSSR count). The van der Waals surface area contributed by atoms with Crippen molar-refractivity contribution in [2.75, 3.05) is 14.1 Å². The Kier molecular flexibility index (Phi) is 15.9. The van der Waals surface area contributed by atoms with Gasteiger partial charge < -0.3 is 71.4 Å². The van der Waals surface area contributed by atoms with Crippen LogP contribution in [-0.2, 0) is 41.7 Å². The molecule has 0 bridgehead atoms. The molecule has 82 valence electrons. The summed E-state index contributed by atoms with van der Waals surface area (Å²) in [6.07, 6.45) is 0. The van der Waals surface area contributed by atoms with Crippen LogP contribution in [0, 0.1) is 0 Å². The molecule has 0 heterocycles. The van der Waals surface area contributed by atoms with E-state index in [2.05, 4.69) is 49.7 Å². The second-order valence-electron chi connectivity index (χ2n) is 1.65. The second-order valence-corrected chi connectivity index (χ2v) is 3.71. The molecule has 0 spiro atoms. The van der Waals surface area contributed by atoms with Gasteiger partial charge in [0.25, 0.3) is 0 Å². The molecular weight excluding hydrogens is 291 g/mol. The molecule has 13 heavy (non-hydrogen) atoms. The van der Waals surface area contributed by atoms with Gasteiger partial charge in [0.2, 0.25) is 0 Å². The fraction of sp³-hybridized carbons (Fsp3) is 0.500. The van der Waals surface area contributed by atoms with E-state index in [9.17, 15) is 0 Å². The van der Waals surface area contributed by atoms with Crippen LogP contribution in [0.5, 0.6) is 0 Å². The predicted octanol–water partition coefficient (Wildman–Crippen LogP) is 1.43. The van der Waals surface area contributed by atoms with Gasteiger partial charge in [-0.3, -0.25) is 0 Å². The number of rotatable bonds is 0. The average molecular weight is 299 g/mol. The summed E-state index contributed by atoms with van der Waals surface area (Å²) in [5.74, 6) is 13.2. The van der Waals surface area contributed by atoms with Crippen molar-refractivity contribution >= 4 is 58.3 Å². The standard InChI is InChI=1S/2C2H5N2S2.Ni/c2*1-4(3)2(5)6;/h2*3H,1H3,(H,5,6);/q2*-1;/p-2. The molecule has 4 nitrogen and oxygen atoms in total. The first kappa shape index (κ1) is 19.2. The van der Waals surface area contributed by atoms with Crippen molar-refractivity contribution in [1.82, 2.24) is 10.0 Å². The number of nitrogens with zero attached hydrogens (tertiary/aromatic N) is 2. The topological polar surface area (TPSA) is 54.1 Å². The molecular formula is C4H8N4NiS4-4. The van der Waals surface area contributed by atoms with Crippen molar-refractivity contribution in [3.05, 3.63) is 11.7 Å². The minimum absolute atomic E-state index is 0. The zero-order valence-corrected chi connectivity index (χ0v) is 11.1. The fourth-order valence-electron chi connectivity index (χ4n) is 0. The summed E-state index contributed by atoms with van der Waals surface area (Å²) < 4.78 is 0.352. The molecule has 0 aromatic heterocycles. The maximum absolute atomic E-state index is 6.62. The molecule has 0 aromatic carbocycles. The van der Waals surface area contributed by atoms with Crippen LogP contribution in [0.25, 0.3) is 11.7 Å². The van der Waals surface area contributed by atoms with Crippen molar-refractivity contribution in [3.8, 4) is 0 Å². The van der Waals surface area contributed by atoms with Gasteiger partial charge in [-0.05, 0) is 14.1 Å². The number of hydrogen-bond donors (Lipinski definition) is 0. The summed E-state index contributed by atoms with van der Waals surface area (Å²) >= 11 is 17.5. The van der Waals surface area contributed by atoms with Crippen molar-refractivity contribution in [1.29, 1.82) is 0 Å².